The first-order chi connectivity index (χ1) is 0. The van der Waals surface area contributed by atoms with Crippen LogP contribution < -0.4 is 0 Å². The van der Waals surface area contributed by atoms with Crippen molar-refractivity contribution in [1.82, 2.24) is 0 Å². The Bertz CT molecular complexity index is 14.9. The molecule has 0 amide bonds. The van der Waals surface area contributed by atoms with Crippen molar-refractivity contribution in [3.8, 4) is 0 Å². The molecule has 0 aromatic carbocycles. The SMILES string of the molecule is [F].[Nb+5].[OH-].[OH-].[OH-].[OH-].[OH-].[OH-].[OH-].[OH-].[OH-].[OH-].[Ta+5]. The molecule has 87 valence electrons. The number of rotatable bonds is 0. The van der Waals surface area contributed by atoms with Crippen molar-refractivity contribution in [2.75, 3.05) is 0 Å². The summed E-state index contributed by atoms with van der Waals surface area (Å²) in [6.07, 6.45) is 0. The third-order valence-corrected chi connectivity index (χ3v) is 0. The molecule has 10 N–H and O–H groups in total. The van der Waals surface area contributed by atoms with E-state index in [4.69, 9.17) is 0 Å². The van der Waals surface area contributed by atoms with E-state index < -0.39 is 0 Å². The van der Waals surface area contributed by atoms with Crippen molar-refractivity contribution in [1.29, 1.82) is 0 Å². The van der Waals surface area contributed by atoms with Crippen LogP contribution in [0.2, 0.25) is 0 Å². The van der Waals surface area contributed by atoms with E-state index in [-0.39, 0.29) is 104 Å². The van der Waals surface area contributed by atoms with Gasteiger partial charge in [0.2, 0.25) is 0 Å². The summed E-state index contributed by atoms with van der Waals surface area (Å²) in [5.74, 6) is 0. The number of hydrogen-bond donors (Lipinski definition) is 0. The van der Waals surface area contributed by atoms with Crippen molar-refractivity contribution in [3.05, 3.63) is 0 Å². The topological polar surface area (TPSA) is 300 Å². The molecule has 0 fully saturated rings. The van der Waals surface area contributed by atoms with E-state index in [0.29, 0.717) is 0 Å². The molecule has 13 heteroatoms. The first-order valence-electron chi connectivity index (χ1n) is 0. The predicted octanol–water partition coefficient (Wildman–Crippen LogP) is -1.35. The van der Waals surface area contributed by atoms with Gasteiger partial charge in [-0.05, 0) is 0 Å². The molecule has 0 aliphatic rings. The monoisotopic (exact) mass is 463 g/mol. The Balaban J connectivity index is 0. The zero-order chi connectivity index (χ0) is 0. The van der Waals surface area contributed by atoms with E-state index in [1.165, 1.54) is 0 Å². The molecule has 0 saturated carbocycles. The van der Waals surface area contributed by atoms with Crippen molar-refractivity contribution in [2.24, 2.45) is 0 Å². The molecule has 0 aliphatic heterocycles. The third-order valence-electron chi connectivity index (χ3n) is 0. The molecular formula is H10FNbO10Ta. The molecule has 13 heavy (non-hydrogen) atoms. The van der Waals surface area contributed by atoms with E-state index in [1.807, 2.05) is 0 Å². The van der Waals surface area contributed by atoms with Gasteiger partial charge in [-0.25, -0.2) is 0 Å². The van der Waals surface area contributed by atoms with Gasteiger partial charge in [-0.2, -0.15) is 0 Å². The van der Waals surface area contributed by atoms with Gasteiger partial charge in [-0.1, -0.05) is 0 Å². The van der Waals surface area contributed by atoms with Crippen LogP contribution in [0.3, 0.4) is 0 Å². The molecule has 0 aromatic heterocycles. The molecule has 0 bridgehead atoms. The Hall–Kier alpha value is 1.01. The first-order valence-corrected chi connectivity index (χ1v) is 0. The van der Waals surface area contributed by atoms with Crippen LogP contribution >= 0.6 is 0 Å². The number of hydrogen-bond acceptors (Lipinski definition) is 10. The molecule has 0 rings (SSSR count). The standard InChI is InChI=1S/F.Nb.10H2O.Ta/h;;10*1H2;/q;+5;;;;;;;;;;;+5/p-10. The summed E-state index contributed by atoms with van der Waals surface area (Å²) in [5, 5.41) is 0. The van der Waals surface area contributed by atoms with Crippen molar-refractivity contribution in [2.45, 2.75) is 0 Å². The van der Waals surface area contributed by atoms with Crippen LogP contribution in [0.4, 0.5) is 4.70 Å². The molecule has 0 heterocycles. The maximum Gasteiger partial charge on any atom is 5.00 e. The molecule has 0 atom stereocenters. The maximum absolute atomic E-state index is 0. The van der Waals surface area contributed by atoms with Gasteiger partial charge in [-0.3, -0.25) is 0 Å². The normalized spacial score (nSPS) is 0. The van der Waals surface area contributed by atoms with Crippen molar-refractivity contribution < 1.29 is 104 Å². The summed E-state index contributed by atoms with van der Waals surface area (Å²) in [6.45, 7) is 0. The van der Waals surface area contributed by atoms with Crippen LogP contribution in [-0.4, -0.2) is 54.8 Å². The molecule has 10 nitrogen and oxygen atoms in total. The van der Waals surface area contributed by atoms with Crippen LogP contribution in [-0.2, 0) is 44.8 Å². The van der Waals surface area contributed by atoms with E-state index in [0.717, 1.165) is 0 Å². The van der Waals surface area contributed by atoms with Gasteiger partial charge in [0.25, 0.3) is 0 Å². The minimum Gasteiger partial charge on any atom is -0.870 e. The van der Waals surface area contributed by atoms with Crippen LogP contribution in [0.1, 0.15) is 0 Å². The zero-order valence-electron chi connectivity index (χ0n) is 5.74. The summed E-state index contributed by atoms with van der Waals surface area (Å²) in [4.78, 5) is 0. The molecule has 0 saturated heterocycles. The summed E-state index contributed by atoms with van der Waals surface area (Å²) in [7, 11) is 0. The summed E-state index contributed by atoms with van der Waals surface area (Å²) < 4.78 is 0. The van der Waals surface area contributed by atoms with Crippen molar-refractivity contribution in [3.63, 3.8) is 0 Å². The molecular weight excluding hydrogens is 453 g/mol. The summed E-state index contributed by atoms with van der Waals surface area (Å²) in [5.41, 5.74) is 0. The fraction of sp³-hybridized carbons (Fsp3) is 0. The Morgan fingerprint density at radius 2 is 0.308 bits per heavy atom. The Morgan fingerprint density at radius 3 is 0.308 bits per heavy atom. The maximum atomic E-state index is 0. The minimum atomic E-state index is 0. The molecule has 0 unspecified atom stereocenters. The third kappa shape index (κ3) is 1540. The van der Waals surface area contributed by atoms with Crippen LogP contribution in [0, 0.1) is 0 Å². The second-order valence-electron chi connectivity index (χ2n) is 0. The van der Waals surface area contributed by atoms with Crippen molar-refractivity contribution >= 4 is 0 Å². The van der Waals surface area contributed by atoms with Crippen LogP contribution in [0.15, 0.2) is 0 Å². The molecule has 0 aliphatic carbocycles. The van der Waals surface area contributed by atoms with Gasteiger partial charge < -0.3 is 54.8 Å². The summed E-state index contributed by atoms with van der Waals surface area (Å²) >= 11 is 0. The van der Waals surface area contributed by atoms with E-state index in [1.54, 1.807) is 0 Å². The summed E-state index contributed by atoms with van der Waals surface area (Å²) in [6, 6.07) is 0. The zero-order valence-corrected chi connectivity index (χ0v) is 11.2. The Kier molecular flexibility index (Phi) is 328000. The molecule has 0 spiro atoms. The van der Waals surface area contributed by atoms with E-state index in [2.05, 4.69) is 0 Å². The first kappa shape index (κ1) is 2320. The van der Waals surface area contributed by atoms with E-state index in [9.17, 15) is 0 Å². The predicted molar refractivity (Wildman–Crippen MR) is 20.5 cm³/mol. The van der Waals surface area contributed by atoms with Gasteiger partial charge in [0.05, 0.1) is 0 Å². The van der Waals surface area contributed by atoms with E-state index >= 15 is 0 Å². The van der Waals surface area contributed by atoms with Gasteiger partial charge in [-0.15, -0.1) is 0 Å². The van der Waals surface area contributed by atoms with Gasteiger partial charge in [0.15, 0.2) is 0 Å². The Labute approximate surface area is 104 Å². The van der Waals surface area contributed by atoms with Crippen LogP contribution in [0.25, 0.3) is 0 Å². The fourth-order valence-corrected chi connectivity index (χ4v) is 0. The second-order valence-corrected chi connectivity index (χ2v) is 0. The molecule has 0 aromatic rings. The Morgan fingerprint density at radius 1 is 0.308 bits per heavy atom. The number of halogens is 1. The van der Waals surface area contributed by atoms with Gasteiger partial charge in [0.1, 0.15) is 0 Å². The minimum absolute atomic E-state index is 0. The molecule has 1 radical (unpaired) electrons. The largest absolute Gasteiger partial charge is 5.00 e. The average Bonchev–Trinajstić information content (AvgIpc) is 0. The smallest absolute Gasteiger partial charge is 0.870 e. The average molecular weight is 463 g/mol. The fourth-order valence-electron chi connectivity index (χ4n) is 0. The second kappa shape index (κ2) is 1840. The van der Waals surface area contributed by atoms with Gasteiger partial charge in [0, 0.05) is 4.70 Å². The van der Waals surface area contributed by atoms with Crippen LogP contribution in [0.5, 0.6) is 0 Å². The quantitative estimate of drug-likeness (QED) is 0.380. The van der Waals surface area contributed by atoms with Gasteiger partial charge >= 0.3 is 44.8 Å².